The van der Waals surface area contributed by atoms with E-state index in [0.717, 1.165) is 0 Å². The zero-order valence-electron chi connectivity index (χ0n) is 15.0. The molecular formula is C20H14ClF3N4O. The molecule has 9 heteroatoms. The molecule has 4 rings (SSSR count). The van der Waals surface area contributed by atoms with E-state index in [-0.39, 0.29) is 10.8 Å². The Morgan fingerprint density at radius 1 is 1.14 bits per heavy atom. The molecule has 148 valence electrons. The molecule has 0 radical (unpaired) electrons. The molecule has 2 heterocycles. The second kappa shape index (κ2) is 7.29. The second-order valence-electron chi connectivity index (χ2n) is 6.33. The van der Waals surface area contributed by atoms with Crippen LogP contribution in [0.15, 0.2) is 60.9 Å². The van der Waals surface area contributed by atoms with Gasteiger partial charge >= 0.3 is 6.11 Å². The van der Waals surface area contributed by atoms with Crippen molar-refractivity contribution in [3.63, 3.8) is 0 Å². The molecule has 0 aliphatic rings. The Hall–Kier alpha value is -3.26. The number of hydrogen-bond donors (Lipinski definition) is 1. The highest BCUT2D eigenvalue weighted by Crippen LogP contribution is 2.30. The zero-order valence-corrected chi connectivity index (χ0v) is 15.8. The molecule has 0 spiro atoms. The lowest BCUT2D eigenvalue weighted by atomic mass is 10.1. The predicted molar refractivity (Wildman–Crippen MR) is 104 cm³/mol. The first kappa shape index (κ1) is 19.1. The lowest BCUT2D eigenvalue weighted by Gasteiger charge is -2.13. The monoisotopic (exact) mass is 418 g/mol. The van der Waals surface area contributed by atoms with Gasteiger partial charge in [-0.1, -0.05) is 23.7 Å². The summed E-state index contributed by atoms with van der Waals surface area (Å²) in [4.78, 5) is 4.53. The Balaban J connectivity index is 1.69. The average molecular weight is 419 g/mol. The third-order valence-corrected chi connectivity index (χ3v) is 4.29. The van der Waals surface area contributed by atoms with Crippen LogP contribution in [-0.2, 0) is 0 Å². The molecule has 0 atom stereocenters. The molecule has 0 aliphatic carbocycles. The van der Waals surface area contributed by atoms with Crippen molar-refractivity contribution < 1.29 is 17.9 Å². The highest BCUT2D eigenvalue weighted by atomic mass is 35.5. The Kier molecular flexibility index (Phi) is 4.79. The topological polar surface area (TPSA) is 51.5 Å². The number of fused-ring (bicyclic) bond motifs is 1. The van der Waals surface area contributed by atoms with Gasteiger partial charge in [-0.3, -0.25) is 0 Å². The molecular weight excluding hydrogens is 405 g/mol. The van der Waals surface area contributed by atoms with Gasteiger partial charge in [0, 0.05) is 24.4 Å². The van der Waals surface area contributed by atoms with Crippen molar-refractivity contribution in [3.05, 3.63) is 71.8 Å². The molecule has 0 amide bonds. The maximum Gasteiger partial charge on any atom is 0.394 e. The van der Waals surface area contributed by atoms with Crippen molar-refractivity contribution in [1.82, 2.24) is 14.6 Å². The number of benzene rings is 2. The molecule has 0 unspecified atom stereocenters. The molecule has 2 aromatic carbocycles. The Morgan fingerprint density at radius 3 is 2.72 bits per heavy atom. The molecule has 0 saturated carbocycles. The van der Waals surface area contributed by atoms with Gasteiger partial charge < -0.3 is 10.1 Å². The largest absolute Gasteiger partial charge is 0.433 e. The van der Waals surface area contributed by atoms with E-state index in [4.69, 9.17) is 11.6 Å². The number of rotatable bonds is 5. The molecule has 0 bridgehead atoms. The van der Waals surface area contributed by atoms with Gasteiger partial charge in [0.1, 0.15) is 17.4 Å². The minimum atomic E-state index is -3.29. The van der Waals surface area contributed by atoms with E-state index in [1.54, 1.807) is 35.1 Å². The van der Waals surface area contributed by atoms with Gasteiger partial charge in [0.25, 0.3) is 0 Å². The highest BCUT2D eigenvalue weighted by Gasteiger charge is 2.23. The fourth-order valence-electron chi connectivity index (χ4n) is 2.80. The van der Waals surface area contributed by atoms with Crippen LogP contribution in [0.2, 0.25) is 5.02 Å². The van der Waals surface area contributed by atoms with Crippen LogP contribution in [0.4, 0.5) is 24.7 Å². The number of alkyl halides is 2. The summed E-state index contributed by atoms with van der Waals surface area (Å²) in [6.45, 7) is 0.677. The van der Waals surface area contributed by atoms with E-state index in [1.165, 1.54) is 30.3 Å². The van der Waals surface area contributed by atoms with E-state index in [1.807, 2.05) is 0 Å². The molecule has 29 heavy (non-hydrogen) atoms. The summed E-state index contributed by atoms with van der Waals surface area (Å²) in [7, 11) is 0. The van der Waals surface area contributed by atoms with Gasteiger partial charge in [0.15, 0.2) is 5.65 Å². The fourth-order valence-corrected chi connectivity index (χ4v) is 2.98. The summed E-state index contributed by atoms with van der Waals surface area (Å²) < 4.78 is 45.8. The average Bonchev–Trinajstić information content (AvgIpc) is 3.07. The van der Waals surface area contributed by atoms with Crippen LogP contribution < -0.4 is 10.1 Å². The Labute approximate surface area is 168 Å². The number of nitrogens with one attached hydrogen (secondary N) is 1. The van der Waals surface area contributed by atoms with Crippen LogP contribution in [0.3, 0.4) is 0 Å². The van der Waals surface area contributed by atoms with E-state index >= 15 is 0 Å². The van der Waals surface area contributed by atoms with Crippen LogP contribution in [0.1, 0.15) is 6.92 Å². The standard InChI is InChI=1S/C20H14ClF3N4O/c1-20(23,24)29-14-4-2-3-12(9-14)15-11-25-28-8-7-18(27-19(15)28)26-13-5-6-17(22)16(21)10-13/h2-11H,1H3,(H,26,27). The maximum absolute atomic E-state index is 13.3. The van der Waals surface area contributed by atoms with Crippen molar-refractivity contribution in [2.75, 3.05) is 5.32 Å². The van der Waals surface area contributed by atoms with Crippen molar-refractivity contribution in [1.29, 1.82) is 0 Å². The molecule has 0 aliphatic heterocycles. The summed E-state index contributed by atoms with van der Waals surface area (Å²) in [5, 5.41) is 7.28. The summed E-state index contributed by atoms with van der Waals surface area (Å²) >= 11 is 5.81. The minimum absolute atomic E-state index is 0.00865. The molecule has 0 fully saturated rings. The molecule has 1 N–H and O–H groups in total. The van der Waals surface area contributed by atoms with E-state index < -0.39 is 11.9 Å². The highest BCUT2D eigenvalue weighted by molar-refractivity contribution is 6.31. The number of nitrogens with zero attached hydrogens (tertiary/aromatic N) is 3. The number of ether oxygens (including phenoxy) is 1. The number of hydrogen-bond acceptors (Lipinski definition) is 4. The van der Waals surface area contributed by atoms with Crippen LogP contribution in [0, 0.1) is 5.82 Å². The quantitative estimate of drug-likeness (QED) is 0.437. The number of halogens is 4. The lowest BCUT2D eigenvalue weighted by Crippen LogP contribution is -2.18. The van der Waals surface area contributed by atoms with Crippen LogP contribution >= 0.6 is 11.6 Å². The van der Waals surface area contributed by atoms with Gasteiger partial charge in [-0.25, -0.2) is 13.9 Å². The van der Waals surface area contributed by atoms with Gasteiger partial charge in [0.2, 0.25) is 0 Å². The van der Waals surface area contributed by atoms with Gasteiger partial charge in [-0.05, 0) is 42.0 Å². The van der Waals surface area contributed by atoms with Crippen LogP contribution in [0.5, 0.6) is 5.75 Å². The maximum atomic E-state index is 13.3. The van der Waals surface area contributed by atoms with Crippen molar-refractivity contribution in [2.24, 2.45) is 0 Å². The Morgan fingerprint density at radius 2 is 1.97 bits per heavy atom. The first-order chi connectivity index (χ1) is 13.8. The number of aromatic nitrogens is 3. The lowest BCUT2D eigenvalue weighted by molar-refractivity contribution is -0.158. The van der Waals surface area contributed by atoms with Crippen molar-refractivity contribution >= 4 is 28.8 Å². The first-order valence-corrected chi connectivity index (χ1v) is 8.90. The van der Waals surface area contributed by atoms with Crippen molar-refractivity contribution in [2.45, 2.75) is 13.0 Å². The molecule has 0 saturated heterocycles. The van der Waals surface area contributed by atoms with E-state index in [0.29, 0.717) is 35.2 Å². The fraction of sp³-hybridized carbons (Fsp3) is 0.100. The molecule has 5 nitrogen and oxygen atoms in total. The molecule has 2 aromatic heterocycles. The normalized spacial score (nSPS) is 11.6. The summed E-state index contributed by atoms with van der Waals surface area (Å²) in [6, 6.07) is 12.2. The predicted octanol–water partition coefficient (Wildman–Crippen LogP) is 5.92. The van der Waals surface area contributed by atoms with E-state index in [9.17, 15) is 13.2 Å². The summed E-state index contributed by atoms with van der Waals surface area (Å²) in [5.41, 5.74) is 2.32. The number of anilines is 2. The van der Waals surface area contributed by atoms with E-state index in [2.05, 4.69) is 20.1 Å². The first-order valence-electron chi connectivity index (χ1n) is 8.52. The van der Waals surface area contributed by atoms with Crippen LogP contribution in [-0.4, -0.2) is 20.7 Å². The molecule has 4 aromatic rings. The second-order valence-corrected chi connectivity index (χ2v) is 6.74. The van der Waals surface area contributed by atoms with Crippen LogP contribution in [0.25, 0.3) is 16.8 Å². The summed E-state index contributed by atoms with van der Waals surface area (Å²) in [5.74, 6) is -0.00235. The summed E-state index contributed by atoms with van der Waals surface area (Å²) in [6.07, 6.45) is -0.00456. The SMILES string of the molecule is CC(F)(F)Oc1cccc(-c2cnn3ccc(Nc4ccc(F)c(Cl)c4)nc23)c1. The zero-order chi connectivity index (χ0) is 20.6. The third kappa shape index (κ3) is 4.27. The third-order valence-electron chi connectivity index (χ3n) is 4.00. The van der Waals surface area contributed by atoms with Gasteiger partial charge in [0.05, 0.1) is 11.2 Å². The van der Waals surface area contributed by atoms with Gasteiger partial charge in [-0.2, -0.15) is 13.9 Å². The van der Waals surface area contributed by atoms with Gasteiger partial charge in [-0.15, -0.1) is 0 Å². The minimum Gasteiger partial charge on any atom is -0.433 e. The van der Waals surface area contributed by atoms with Crippen molar-refractivity contribution in [3.8, 4) is 16.9 Å². The Bertz CT molecular complexity index is 1190. The smallest absolute Gasteiger partial charge is 0.394 e.